The van der Waals surface area contributed by atoms with Gasteiger partial charge in [0.25, 0.3) is 0 Å². The number of hydrogen-bond acceptors (Lipinski definition) is 2. The van der Waals surface area contributed by atoms with Crippen LogP contribution in [0.2, 0.25) is 0 Å². The Labute approximate surface area is 107 Å². The Morgan fingerprint density at radius 1 is 1.28 bits per heavy atom. The SMILES string of the molecule is CC(=O)NCc1cccnc1-c1cccc(C)c1. The quantitative estimate of drug-likeness (QED) is 0.896. The first-order chi connectivity index (χ1) is 8.66. The van der Waals surface area contributed by atoms with Gasteiger partial charge in [0, 0.05) is 25.2 Å². The lowest BCUT2D eigenvalue weighted by Crippen LogP contribution is -2.19. The molecule has 3 nitrogen and oxygen atoms in total. The van der Waals surface area contributed by atoms with Gasteiger partial charge < -0.3 is 5.32 Å². The first kappa shape index (κ1) is 12.3. The van der Waals surface area contributed by atoms with Crippen molar-refractivity contribution < 1.29 is 4.79 Å². The molecule has 3 heteroatoms. The van der Waals surface area contributed by atoms with E-state index in [1.807, 2.05) is 24.3 Å². The third-order valence-electron chi connectivity index (χ3n) is 2.71. The molecular formula is C15H16N2O. The summed E-state index contributed by atoms with van der Waals surface area (Å²) in [6.45, 7) is 4.08. The molecule has 0 atom stereocenters. The van der Waals surface area contributed by atoms with E-state index in [0.717, 1.165) is 16.8 Å². The molecule has 0 aliphatic rings. The zero-order chi connectivity index (χ0) is 13.0. The Balaban J connectivity index is 2.35. The number of amides is 1. The summed E-state index contributed by atoms with van der Waals surface area (Å²) in [5, 5.41) is 2.81. The van der Waals surface area contributed by atoms with E-state index in [-0.39, 0.29) is 5.91 Å². The second-order valence-electron chi connectivity index (χ2n) is 4.29. The molecule has 1 N–H and O–H groups in total. The molecule has 0 aliphatic carbocycles. The number of benzene rings is 1. The summed E-state index contributed by atoms with van der Waals surface area (Å²) in [4.78, 5) is 15.4. The second-order valence-corrected chi connectivity index (χ2v) is 4.29. The third kappa shape index (κ3) is 2.94. The number of aromatic nitrogens is 1. The highest BCUT2D eigenvalue weighted by atomic mass is 16.1. The molecule has 18 heavy (non-hydrogen) atoms. The molecule has 1 heterocycles. The van der Waals surface area contributed by atoms with Gasteiger partial charge in [0.2, 0.25) is 5.91 Å². The number of carbonyl (C=O) groups excluding carboxylic acids is 1. The summed E-state index contributed by atoms with van der Waals surface area (Å²) in [5.41, 5.74) is 4.23. The Hall–Kier alpha value is -2.16. The van der Waals surface area contributed by atoms with Crippen molar-refractivity contribution in [1.29, 1.82) is 0 Å². The molecule has 1 aromatic heterocycles. The molecule has 0 aliphatic heterocycles. The van der Waals surface area contributed by atoms with Crippen LogP contribution in [-0.4, -0.2) is 10.9 Å². The molecule has 0 spiro atoms. The zero-order valence-corrected chi connectivity index (χ0v) is 10.6. The number of carbonyl (C=O) groups is 1. The van der Waals surface area contributed by atoms with E-state index < -0.39 is 0 Å². The van der Waals surface area contributed by atoms with Crippen LogP contribution < -0.4 is 5.32 Å². The lowest BCUT2D eigenvalue weighted by Gasteiger charge is -2.09. The maximum atomic E-state index is 11.0. The molecule has 0 unspecified atom stereocenters. The molecule has 0 radical (unpaired) electrons. The van der Waals surface area contributed by atoms with Crippen molar-refractivity contribution in [2.75, 3.05) is 0 Å². The molecule has 1 aromatic carbocycles. The Kier molecular flexibility index (Phi) is 3.72. The van der Waals surface area contributed by atoms with Crippen LogP contribution in [-0.2, 0) is 11.3 Å². The van der Waals surface area contributed by atoms with E-state index in [2.05, 4.69) is 29.4 Å². The number of hydrogen-bond donors (Lipinski definition) is 1. The third-order valence-corrected chi connectivity index (χ3v) is 2.71. The minimum atomic E-state index is -0.0333. The highest BCUT2D eigenvalue weighted by Crippen LogP contribution is 2.21. The zero-order valence-electron chi connectivity index (χ0n) is 10.6. The molecule has 2 aromatic rings. The van der Waals surface area contributed by atoms with Crippen molar-refractivity contribution in [1.82, 2.24) is 10.3 Å². The van der Waals surface area contributed by atoms with Crippen LogP contribution >= 0.6 is 0 Å². The van der Waals surface area contributed by atoms with Crippen LogP contribution in [0.4, 0.5) is 0 Å². The van der Waals surface area contributed by atoms with E-state index in [1.165, 1.54) is 12.5 Å². The summed E-state index contributed by atoms with van der Waals surface area (Å²) in [5.74, 6) is -0.0333. The van der Waals surface area contributed by atoms with Crippen LogP contribution in [0.5, 0.6) is 0 Å². The summed E-state index contributed by atoms with van der Waals surface area (Å²) in [6, 6.07) is 12.1. The van der Waals surface area contributed by atoms with Gasteiger partial charge in [0.15, 0.2) is 0 Å². The van der Waals surface area contributed by atoms with Gasteiger partial charge in [-0.25, -0.2) is 0 Å². The number of rotatable bonds is 3. The maximum absolute atomic E-state index is 11.0. The van der Waals surface area contributed by atoms with Gasteiger partial charge in [0.05, 0.1) is 5.69 Å². The van der Waals surface area contributed by atoms with E-state index in [4.69, 9.17) is 0 Å². The molecule has 2 rings (SSSR count). The van der Waals surface area contributed by atoms with Gasteiger partial charge in [-0.05, 0) is 24.6 Å². The van der Waals surface area contributed by atoms with Crippen molar-refractivity contribution in [2.45, 2.75) is 20.4 Å². The maximum Gasteiger partial charge on any atom is 0.217 e. The van der Waals surface area contributed by atoms with E-state index in [9.17, 15) is 4.79 Å². The molecule has 0 saturated carbocycles. The summed E-state index contributed by atoms with van der Waals surface area (Å²) < 4.78 is 0. The molecule has 0 saturated heterocycles. The number of nitrogens with zero attached hydrogens (tertiary/aromatic N) is 1. The number of aryl methyl sites for hydroxylation is 1. The largest absolute Gasteiger partial charge is 0.352 e. The first-order valence-electron chi connectivity index (χ1n) is 5.92. The lowest BCUT2D eigenvalue weighted by atomic mass is 10.0. The second kappa shape index (κ2) is 5.45. The van der Waals surface area contributed by atoms with Gasteiger partial charge in [-0.3, -0.25) is 9.78 Å². The fourth-order valence-corrected chi connectivity index (χ4v) is 1.85. The van der Waals surface area contributed by atoms with Gasteiger partial charge in [-0.1, -0.05) is 29.8 Å². The predicted octanol–water partition coefficient (Wildman–Crippen LogP) is 2.69. The predicted molar refractivity (Wildman–Crippen MR) is 71.9 cm³/mol. The highest BCUT2D eigenvalue weighted by molar-refractivity contribution is 5.73. The molecule has 1 amide bonds. The van der Waals surface area contributed by atoms with E-state index in [0.29, 0.717) is 6.54 Å². The average Bonchev–Trinajstić information content (AvgIpc) is 2.36. The number of nitrogens with one attached hydrogen (secondary N) is 1. The van der Waals surface area contributed by atoms with E-state index in [1.54, 1.807) is 6.20 Å². The van der Waals surface area contributed by atoms with Crippen LogP contribution in [0.3, 0.4) is 0 Å². The monoisotopic (exact) mass is 240 g/mol. The molecule has 0 fully saturated rings. The van der Waals surface area contributed by atoms with Crippen molar-refractivity contribution >= 4 is 5.91 Å². The molecule has 0 bridgehead atoms. The summed E-state index contributed by atoms with van der Waals surface area (Å²) in [6.07, 6.45) is 1.77. The Morgan fingerprint density at radius 2 is 2.11 bits per heavy atom. The molecule has 92 valence electrons. The van der Waals surface area contributed by atoms with Crippen molar-refractivity contribution in [3.8, 4) is 11.3 Å². The highest BCUT2D eigenvalue weighted by Gasteiger charge is 2.06. The van der Waals surface area contributed by atoms with E-state index >= 15 is 0 Å². The molecular weight excluding hydrogens is 224 g/mol. The van der Waals surface area contributed by atoms with Gasteiger partial charge in [-0.2, -0.15) is 0 Å². The van der Waals surface area contributed by atoms with Crippen LogP contribution in [0.25, 0.3) is 11.3 Å². The van der Waals surface area contributed by atoms with Crippen LogP contribution in [0.15, 0.2) is 42.6 Å². The summed E-state index contributed by atoms with van der Waals surface area (Å²) >= 11 is 0. The van der Waals surface area contributed by atoms with Crippen molar-refractivity contribution in [3.63, 3.8) is 0 Å². The smallest absolute Gasteiger partial charge is 0.217 e. The fraction of sp³-hybridized carbons (Fsp3) is 0.200. The summed E-state index contributed by atoms with van der Waals surface area (Å²) in [7, 11) is 0. The average molecular weight is 240 g/mol. The normalized spacial score (nSPS) is 10.1. The van der Waals surface area contributed by atoms with Gasteiger partial charge >= 0.3 is 0 Å². The van der Waals surface area contributed by atoms with Crippen LogP contribution in [0.1, 0.15) is 18.1 Å². The lowest BCUT2D eigenvalue weighted by molar-refractivity contribution is -0.119. The topological polar surface area (TPSA) is 42.0 Å². The fourth-order valence-electron chi connectivity index (χ4n) is 1.85. The van der Waals surface area contributed by atoms with Gasteiger partial charge in [0.1, 0.15) is 0 Å². The van der Waals surface area contributed by atoms with Crippen molar-refractivity contribution in [3.05, 3.63) is 53.7 Å². The Morgan fingerprint density at radius 3 is 2.83 bits per heavy atom. The Bertz CT molecular complexity index is 564. The van der Waals surface area contributed by atoms with Gasteiger partial charge in [-0.15, -0.1) is 0 Å². The minimum Gasteiger partial charge on any atom is -0.352 e. The van der Waals surface area contributed by atoms with Crippen molar-refractivity contribution in [2.24, 2.45) is 0 Å². The standard InChI is InChI=1S/C15H16N2O/c1-11-5-3-6-13(9-11)15-14(7-4-8-16-15)10-17-12(2)18/h3-9H,10H2,1-2H3,(H,17,18). The van der Waals surface area contributed by atoms with Crippen LogP contribution in [0, 0.1) is 6.92 Å². The first-order valence-corrected chi connectivity index (χ1v) is 5.92. The number of pyridine rings is 1. The minimum absolute atomic E-state index is 0.0333.